The number of carbonyl (C=O) groups is 1. The molecule has 1 saturated carbocycles. The van der Waals surface area contributed by atoms with Gasteiger partial charge in [0.15, 0.2) is 0 Å². The molecule has 2 aliphatic heterocycles. The zero-order chi connectivity index (χ0) is 16.7. The van der Waals surface area contributed by atoms with Crippen molar-refractivity contribution in [3.8, 4) is 0 Å². The highest BCUT2D eigenvalue weighted by molar-refractivity contribution is 5.79. The molecule has 3 heterocycles. The maximum atomic E-state index is 12.8. The first-order chi connectivity index (χ1) is 11.6. The molecular weight excluding hydrogens is 300 g/mol. The van der Waals surface area contributed by atoms with Gasteiger partial charge in [-0.25, -0.2) is 4.98 Å². The zero-order valence-corrected chi connectivity index (χ0v) is 15.0. The van der Waals surface area contributed by atoms with Crippen molar-refractivity contribution in [2.45, 2.75) is 52.0 Å². The first kappa shape index (κ1) is 16.1. The molecule has 1 atom stereocenters. The van der Waals surface area contributed by atoms with Crippen molar-refractivity contribution in [1.82, 2.24) is 19.8 Å². The lowest BCUT2D eigenvalue weighted by Crippen LogP contribution is -2.47. The monoisotopic (exact) mass is 330 g/mol. The second kappa shape index (κ2) is 6.51. The Morgan fingerprint density at radius 1 is 1.25 bits per heavy atom. The van der Waals surface area contributed by atoms with Crippen LogP contribution in [0, 0.1) is 17.8 Å². The predicted octanol–water partition coefficient (Wildman–Crippen LogP) is 2.61. The van der Waals surface area contributed by atoms with Crippen molar-refractivity contribution in [3.63, 3.8) is 0 Å². The number of H-pyrrole nitrogens is 1. The third-order valence-electron chi connectivity index (χ3n) is 6.04. The summed E-state index contributed by atoms with van der Waals surface area (Å²) < 4.78 is 0. The van der Waals surface area contributed by atoms with Gasteiger partial charge in [-0.15, -0.1) is 0 Å². The van der Waals surface area contributed by atoms with Crippen LogP contribution in [0.1, 0.15) is 57.0 Å². The summed E-state index contributed by atoms with van der Waals surface area (Å²) in [6.45, 7) is 8.51. The highest BCUT2D eigenvalue weighted by Crippen LogP contribution is 2.40. The molecule has 2 fully saturated rings. The number of hydrogen-bond acceptors (Lipinski definition) is 3. The maximum absolute atomic E-state index is 12.8. The Bertz CT molecular complexity index is 584. The first-order valence-electron chi connectivity index (χ1n) is 9.68. The van der Waals surface area contributed by atoms with Crippen LogP contribution >= 0.6 is 0 Å². The number of nitrogens with one attached hydrogen (secondary N) is 1. The molecule has 5 nitrogen and oxygen atoms in total. The average molecular weight is 330 g/mol. The lowest BCUT2D eigenvalue weighted by atomic mass is 9.83. The molecule has 0 bridgehead atoms. The molecule has 4 rings (SSSR count). The van der Waals surface area contributed by atoms with Gasteiger partial charge in [0.2, 0.25) is 5.91 Å². The number of piperidine rings is 1. The maximum Gasteiger partial charge on any atom is 0.225 e. The number of rotatable bonds is 4. The van der Waals surface area contributed by atoms with E-state index in [0.717, 1.165) is 24.6 Å². The zero-order valence-electron chi connectivity index (χ0n) is 15.0. The number of carbonyl (C=O) groups excluding carboxylic acids is 1. The fraction of sp³-hybridized carbons (Fsp3) is 0.789. The molecule has 24 heavy (non-hydrogen) atoms. The van der Waals surface area contributed by atoms with Gasteiger partial charge in [-0.3, -0.25) is 4.79 Å². The topological polar surface area (TPSA) is 52.2 Å². The van der Waals surface area contributed by atoms with Crippen LogP contribution in [0.15, 0.2) is 6.33 Å². The predicted molar refractivity (Wildman–Crippen MR) is 93.5 cm³/mol. The van der Waals surface area contributed by atoms with Gasteiger partial charge in [-0.05, 0) is 50.6 Å². The van der Waals surface area contributed by atoms with Gasteiger partial charge in [0.1, 0.15) is 0 Å². The highest BCUT2D eigenvalue weighted by atomic mass is 16.2. The van der Waals surface area contributed by atoms with E-state index in [4.69, 9.17) is 0 Å². The summed E-state index contributed by atoms with van der Waals surface area (Å²) in [5.41, 5.74) is 2.38. The Balaban J connectivity index is 1.50. The number of aromatic nitrogens is 2. The second-order valence-corrected chi connectivity index (χ2v) is 8.23. The molecule has 1 amide bonds. The molecule has 3 aliphatic rings. The quantitative estimate of drug-likeness (QED) is 0.923. The van der Waals surface area contributed by atoms with Gasteiger partial charge < -0.3 is 14.8 Å². The van der Waals surface area contributed by atoms with Crippen LogP contribution in [0.5, 0.6) is 0 Å². The van der Waals surface area contributed by atoms with Crippen LogP contribution in [-0.2, 0) is 11.2 Å². The number of likely N-dealkylation sites (tertiary alicyclic amines) is 1. The average Bonchev–Trinajstić information content (AvgIpc) is 3.27. The van der Waals surface area contributed by atoms with E-state index >= 15 is 0 Å². The van der Waals surface area contributed by atoms with Crippen LogP contribution < -0.4 is 0 Å². The fourth-order valence-corrected chi connectivity index (χ4v) is 4.48. The second-order valence-electron chi connectivity index (χ2n) is 8.23. The van der Waals surface area contributed by atoms with Crippen molar-refractivity contribution >= 4 is 5.91 Å². The van der Waals surface area contributed by atoms with Gasteiger partial charge in [-0.1, -0.05) is 13.8 Å². The standard InChI is InChI=1S/C19H30N4O/c1-13(2)19(24)23-10-7-16-17(21-12-20-16)18(23)15-5-8-22(9-6-15)11-14-3-4-14/h12-15,18H,3-11H2,1-2H3,(H,20,21). The number of hydrogen-bond donors (Lipinski definition) is 1. The van der Waals surface area contributed by atoms with E-state index in [9.17, 15) is 4.79 Å². The molecule has 1 aliphatic carbocycles. The van der Waals surface area contributed by atoms with Gasteiger partial charge in [0.05, 0.1) is 18.1 Å². The van der Waals surface area contributed by atoms with E-state index < -0.39 is 0 Å². The Morgan fingerprint density at radius 3 is 2.67 bits per heavy atom. The van der Waals surface area contributed by atoms with E-state index in [2.05, 4.69) is 19.8 Å². The SMILES string of the molecule is CC(C)C(=O)N1CCc2[nH]cnc2C1C1CCN(CC2CC2)CC1. The fourth-order valence-electron chi connectivity index (χ4n) is 4.48. The molecule has 1 aromatic heterocycles. The molecule has 1 N–H and O–H groups in total. The number of aromatic amines is 1. The first-order valence-corrected chi connectivity index (χ1v) is 9.68. The van der Waals surface area contributed by atoms with Crippen LogP contribution in [0.2, 0.25) is 0 Å². The molecule has 132 valence electrons. The number of amides is 1. The lowest BCUT2D eigenvalue weighted by Gasteiger charge is -2.43. The van der Waals surface area contributed by atoms with E-state index in [0.29, 0.717) is 5.92 Å². The summed E-state index contributed by atoms with van der Waals surface area (Å²) in [6.07, 6.45) is 7.94. The van der Waals surface area contributed by atoms with Gasteiger partial charge >= 0.3 is 0 Å². The van der Waals surface area contributed by atoms with Crippen LogP contribution in [-0.4, -0.2) is 51.9 Å². The van der Waals surface area contributed by atoms with E-state index in [-0.39, 0.29) is 17.9 Å². The summed E-state index contributed by atoms with van der Waals surface area (Å²) in [6, 6.07) is 0.179. The minimum Gasteiger partial charge on any atom is -0.348 e. The molecule has 1 unspecified atom stereocenters. The third kappa shape index (κ3) is 3.10. The number of imidazole rings is 1. The largest absolute Gasteiger partial charge is 0.348 e. The summed E-state index contributed by atoms with van der Waals surface area (Å²) in [7, 11) is 0. The molecule has 1 aromatic rings. The number of nitrogens with zero attached hydrogens (tertiary/aromatic N) is 3. The summed E-state index contributed by atoms with van der Waals surface area (Å²) in [5.74, 6) is 1.86. The summed E-state index contributed by atoms with van der Waals surface area (Å²) >= 11 is 0. The Labute approximate surface area is 144 Å². The molecule has 5 heteroatoms. The van der Waals surface area contributed by atoms with Crippen molar-refractivity contribution in [2.75, 3.05) is 26.2 Å². The highest BCUT2D eigenvalue weighted by Gasteiger charge is 2.40. The molecule has 0 aromatic carbocycles. The molecule has 1 saturated heterocycles. The summed E-state index contributed by atoms with van der Waals surface area (Å²) in [5, 5.41) is 0. The van der Waals surface area contributed by atoms with Crippen molar-refractivity contribution in [3.05, 3.63) is 17.7 Å². The van der Waals surface area contributed by atoms with Crippen LogP contribution in [0.25, 0.3) is 0 Å². The third-order valence-corrected chi connectivity index (χ3v) is 6.04. The molecule has 0 radical (unpaired) electrons. The minimum absolute atomic E-state index is 0.0583. The number of fused-ring (bicyclic) bond motifs is 1. The normalized spacial score (nSPS) is 26.0. The smallest absolute Gasteiger partial charge is 0.225 e. The lowest BCUT2D eigenvalue weighted by molar-refractivity contribution is -0.139. The van der Waals surface area contributed by atoms with E-state index in [1.54, 1.807) is 0 Å². The van der Waals surface area contributed by atoms with Gasteiger partial charge in [0, 0.05) is 31.1 Å². The molecule has 0 spiro atoms. The van der Waals surface area contributed by atoms with Gasteiger partial charge in [0.25, 0.3) is 0 Å². The Morgan fingerprint density at radius 2 is 2.00 bits per heavy atom. The van der Waals surface area contributed by atoms with E-state index in [1.807, 2.05) is 20.2 Å². The molecular formula is C19H30N4O. The van der Waals surface area contributed by atoms with Crippen LogP contribution in [0.4, 0.5) is 0 Å². The summed E-state index contributed by atoms with van der Waals surface area (Å²) in [4.78, 5) is 25.5. The van der Waals surface area contributed by atoms with Gasteiger partial charge in [-0.2, -0.15) is 0 Å². The Kier molecular flexibility index (Phi) is 4.37. The Hall–Kier alpha value is -1.36. The van der Waals surface area contributed by atoms with Crippen molar-refractivity contribution in [1.29, 1.82) is 0 Å². The van der Waals surface area contributed by atoms with Crippen molar-refractivity contribution < 1.29 is 4.79 Å². The minimum atomic E-state index is 0.0583. The van der Waals surface area contributed by atoms with Crippen LogP contribution in [0.3, 0.4) is 0 Å². The van der Waals surface area contributed by atoms with Crippen molar-refractivity contribution in [2.24, 2.45) is 17.8 Å². The van der Waals surface area contributed by atoms with E-state index in [1.165, 1.54) is 51.0 Å².